The molecule has 130 valence electrons. The second-order valence-electron chi connectivity index (χ2n) is 6.82. The van der Waals surface area contributed by atoms with Gasteiger partial charge in [-0.05, 0) is 39.8 Å². The number of ether oxygens (including phenoxy) is 1. The Morgan fingerprint density at radius 3 is 2.64 bits per heavy atom. The number of nitrogens with one attached hydrogen (secondary N) is 2. The van der Waals surface area contributed by atoms with E-state index in [2.05, 4.69) is 25.8 Å². The van der Waals surface area contributed by atoms with Gasteiger partial charge in [0.15, 0.2) is 11.6 Å². The highest BCUT2D eigenvalue weighted by atomic mass is 16.5. The second kappa shape index (κ2) is 6.52. The van der Waals surface area contributed by atoms with Crippen molar-refractivity contribution in [3.8, 4) is 11.6 Å². The Labute approximate surface area is 146 Å². The van der Waals surface area contributed by atoms with E-state index in [0.717, 1.165) is 16.6 Å². The first-order chi connectivity index (χ1) is 11.8. The summed E-state index contributed by atoms with van der Waals surface area (Å²) in [6.45, 7) is 8.02. The van der Waals surface area contributed by atoms with Gasteiger partial charge in [0.2, 0.25) is 5.88 Å². The molecule has 0 unspecified atom stereocenters. The van der Waals surface area contributed by atoms with Crippen LogP contribution in [-0.2, 0) is 0 Å². The lowest BCUT2D eigenvalue weighted by Gasteiger charge is -2.22. The van der Waals surface area contributed by atoms with Crippen molar-refractivity contribution in [2.24, 2.45) is 0 Å². The number of pyridine rings is 1. The Morgan fingerprint density at radius 1 is 1.08 bits per heavy atom. The number of hydrogen-bond acceptors (Lipinski definition) is 7. The molecule has 0 radical (unpaired) electrons. The summed E-state index contributed by atoms with van der Waals surface area (Å²) in [6.07, 6.45) is 1.40. The Kier molecular flexibility index (Phi) is 4.41. The molecule has 2 aromatic heterocycles. The molecule has 0 spiro atoms. The van der Waals surface area contributed by atoms with Gasteiger partial charge < -0.3 is 15.9 Å². The fraction of sp³-hybridized carbons (Fsp3) is 0.278. The summed E-state index contributed by atoms with van der Waals surface area (Å²) in [6, 6.07) is 9.71. The zero-order valence-corrected chi connectivity index (χ0v) is 14.8. The van der Waals surface area contributed by atoms with Gasteiger partial charge in [0.05, 0.1) is 0 Å². The summed E-state index contributed by atoms with van der Waals surface area (Å²) in [5.74, 6) is 1.34. The first-order valence-corrected chi connectivity index (χ1v) is 8.01. The van der Waals surface area contributed by atoms with Crippen LogP contribution in [0.2, 0.25) is 0 Å². The zero-order chi connectivity index (χ0) is 18.0. The normalized spacial score (nSPS) is 11.5. The van der Waals surface area contributed by atoms with Crippen molar-refractivity contribution in [2.45, 2.75) is 33.2 Å². The van der Waals surface area contributed by atoms with E-state index in [4.69, 9.17) is 10.5 Å². The molecule has 0 aliphatic rings. The molecular weight excluding hydrogens is 316 g/mol. The van der Waals surface area contributed by atoms with Crippen LogP contribution in [0.1, 0.15) is 26.5 Å². The third kappa shape index (κ3) is 3.95. The maximum absolute atomic E-state index is 6.16. The molecule has 0 bridgehead atoms. The van der Waals surface area contributed by atoms with Gasteiger partial charge in [-0.3, -0.25) is 0 Å². The third-order valence-corrected chi connectivity index (χ3v) is 3.43. The molecule has 0 amide bonds. The summed E-state index contributed by atoms with van der Waals surface area (Å²) < 4.78 is 5.94. The number of benzene rings is 1. The van der Waals surface area contributed by atoms with Gasteiger partial charge in [0.25, 0.3) is 0 Å². The van der Waals surface area contributed by atoms with Crippen LogP contribution in [0.5, 0.6) is 11.6 Å². The quantitative estimate of drug-likeness (QED) is 0.627. The van der Waals surface area contributed by atoms with Gasteiger partial charge in [-0.2, -0.15) is 4.98 Å². The summed E-state index contributed by atoms with van der Waals surface area (Å²) in [5.41, 5.74) is 14.1. The lowest BCUT2D eigenvalue weighted by molar-refractivity contribution is 0.459. The molecule has 0 saturated heterocycles. The van der Waals surface area contributed by atoms with Crippen LogP contribution in [0.4, 0.5) is 11.5 Å². The number of fused-ring (bicyclic) bond motifs is 1. The van der Waals surface area contributed by atoms with Crippen molar-refractivity contribution >= 4 is 22.4 Å². The van der Waals surface area contributed by atoms with Crippen LogP contribution in [0, 0.1) is 6.92 Å². The summed E-state index contributed by atoms with van der Waals surface area (Å²) in [7, 11) is 0. The summed E-state index contributed by atoms with van der Waals surface area (Å²) >= 11 is 0. The van der Waals surface area contributed by atoms with Gasteiger partial charge >= 0.3 is 0 Å². The third-order valence-electron chi connectivity index (χ3n) is 3.43. The average Bonchev–Trinajstić information content (AvgIpc) is 2.55. The first-order valence-electron chi connectivity index (χ1n) is 8.01. The number of para-hydroxylation sites is 1. The van der Waals surface area contributed by atoms with Gasteiger partial charge in [-0.15, -0.1) is 0 Å². The molecular formula is C18H22N6O. The predicted molar refractivity (Wildman–Crippen MR) is 99.5 cm³/mol. The predicted octanol–water partition coefficient (Wildman–Crippen LogP) is 3.42. The maximum Gasteiger partial charge on any atom is 0.248 e. The fourth-order valence-electron chi connectivity index (χ4n) is 2.21. The minimum atomic E-state index is -0.143. The average molecular weight is 338 g/mol. The second-order valence-corrected chi connectivity index (χ2v) is 6.82. The molecule has 0 saturated carbocycles. The molecule has 1 aromatic carbocycles. The van der Waals surface area contributed by atoms with E-state index in [1.54, 1.807) is 0 Å². The van der Waals surface area contributed by atoms with Crippen molar-refractivity contribution in [3.63, 3.8) is 0 Å². The van der Waals surface area contributed by atoms with Crippen LogP contribution in [0.15, 0.2) is 36.7 Å². The molecule has 3 rings (SSSR count). The molecule has 2 heterocycles. The Hall–Kier alpha value is -2.93. The first kappa shape index (κ1) is 16.9. The van der Waals surface area contributed by atoms with Crippen molar-refractivity contribution in [1.82, 2.24) is 20.4 Å². The van der Waals surface area contributed by atoms with E-state index in [-0.39, 0.29) is 11.4 Å². The van der Waals surface area contributed by atoms with E-state index in [0.29, 0.717) is 17.3 Å². The lowest BCUT2D eigenvalue weighted by atomic mass is 10.1. The van der Waals surface area contributed by atoms with Crippen LogP contribution in [0.25, 0.3) is 10.9 Å². The topological polar surface area (TPSA) is 98.0 Å². The molecule has 0 atom stereocenters. The van der Waals surface area contributed by atoms with E-state index >= 15 is 0 Å². The van der Waals surface area contributed by atoms with Gasteiger partial charge in [-0.25, -0.2) is 15.4 Å². The molecule has 25 heavy (non-hydrogen) atoms. The summed E-state index contributed by atoms with van der Waals surface area (Å²) in [4.78, 5) is 12.9. The van der Waals surface area contributed by atoms with E-state index in [1.807, 2.05) is 58.0 Å². The highest BCUT2D eigenvalue weighted by Gasteiger charge is 2.15. The Morgan fingerprint density at radius 2 is 1.88 bits per heavy atom. The minimum Gasteiger partial charge on any atom is -0.435 e. The SMILES string of the molecule is Cc1ccc2cccc(Oc3ncnc(NNC(C)(C)C)c3N)c2n1. The zero-order valence-electron chi connectivity index (χ0n) is 14.8. The van der Waals surface area contributed by atoms with Gasteiger partial charge in [0.1, 0.15) is 17.5 Å². The van der Waals surface area contributed by atoms with Gasteiger partial charge in [0, 0.05) is 16.6 Å². The number of hydrazine groups is 1. The highest BCUT2D eigenvalue weighted by molar-refractivity contribution is 5.85. The van der Waals surface area contributed by atoms with Crippen molar-refractivity contribution in [2.75, 3.05) is 11.2 Å². The van der Waals surface area contributed by atoms with E-state index < -0.39 is 0 Å². The number of rotatable bonds is 4. The minimum absolute atomic E-state index is 0.143. The molecule has 0 aliphatic heterocycles. The molecule has 7 nitrogen and oxygen atoms in total. The lowest BCUT2D eigenvalue weighted by Crippen LogP contribution is -2.40. The van der Waals surface area contributed by atoms with Crippen molar-refractivity contribution in [1.29, 1.82) is 0 Å². The number of nitrogens with two attached hydrogens (primary N) is 1. The maximum atomic E-state index is 6.16. The highest BCUT2D eigenvalue weighted by Crippen LogP contribution is 2.32. The molecule has 0 fully saturated rings. The molecule has 4 N–H and O–H groups in total. The van der Waals surface area contributed by atoms with Gasteiger partial charge in [-0.1, -0.05) is 18.2 Å². The van der Waals surface area contributed by atoms with Crippen LogP contribution in [-0.4, -0.2) is 20.5 Å². The number of anilines is 2. The smallest absolute Gasteiger partial charge is 0.248 e. The summed E-state index contributed by atoms with van der Waals surface area (Å²) in [5, 5.41) is 0.989. The largest absolute Gasteiger partial charge is 0.435 e. The Bertz CT molecular complexity index is 904. The number of aryl methyl sites for hydroxylation is 1. The van der Waals surface area contributed by atoms with Crippen molar-refractivity contribution < 1.29 is 4.74 Å². The fourth-order valence-corrected chi connectivity index (χ4v) is 2.21. The molecule has 3 aromatic rings. The monoisotopic (exact) mass is 338 g/mol. The standard InChI is InChI=1S/C18H22N6O/c1-11-8-9-12-6-5-7-13(15(12)22-11)25-17-14(19)16(20-10-21-17)23-24-18(2,3)4/h5-10,24H,19H2,1-4H3,(H,20,21,23). The van der Waals surface area contributed by atoms with Crippen LogP contribution < -0.4 is 21.3 Å². The number of hydrogen-bond donors (Lipinski definition) is 3. The van der Waals surface area contributed by atoms with E-state index in [1.165, 1.54) is 6.33 Å². The molecule has 7 heteroatoms. The number of nitrogen functional groups attached to an aromatic ring is 1. The number of aromatic nitrogens is 3. The van der Waals surface area contributed by atoms with E-state index in [9.17, 15) is 0 Å². The van der Waals surface area contributed by atoms with Crippen LogP contribution >= 0.6 is 0 Å². The van der Waals surface area contributed by atoms with Crippen LogP contribution in [0.3, 0.4) is 0 Å². The van der Waals surface area contributed by atoms with Crippen molar-refractivity contribution in [3.05, 3.63) is 42.4 Å². The number of nitrogens with zero attached hydrogens (tertiary/aromatic N) is 3. The Balaban J connectivity index is 1.92. The molecule has 0 aliphatic carbocycles.